The summed E-state index contributed by atoms with van der Waals surface area (Å²) in [5.74, 6) is 0.113. The summed E-state index contributed by atoms with van der Waals surface area (Å²) in [5.41, 5.74) is 11.6. The molecule has 5 unspecified atom stereocenters. The van der Waals surface area contributed by atoms with E-state index in [1.165, 1.54) is 18.7 Å². The minimum atomic E-state index is -0.329. The van der Waals surface area contributed by atoms with Gasteiger partial charge in [-0.2, -0.15) is 0 Å². The van der Waals surface area contributed by atoms with Crippen LogP contribution in [0.2, 0.25) is 0 Å². The normalized spacial score (nSPS) is 26.4. The summed E-state index contributed by atoms with van der Waals surface area (Å²) >= 11 is 0. The van der Waals surface area contributed by atoms with Crippen LogP contribution in [0.5, 0.6) is 11.5 Å². The summed E-state index contributed by atoms with van der Waals surface area (Å²) in [4.78, 5) is 25.6. The maximum atomic E-state index is 12.8. The number of hydrogen-bond acceptors (Lipinski definition) is 8. The van der Waals surface area contributed by atoms with Gasteiger partial charge in [-0.1, -0.05) is 89.6 Å². The number of phenols is 1. The number of methoxy groups -OCH3 is 1. The first-order valence-electron chi connectivity index (χ1n) is 14.5. The zero-order chi connectivity index (χ0) is 29.6. The van der Waals surface area contributed by atoms with Crippen molar-refractivity contribution in [1.82, 2.24) is 5.32 Å². The van der Waals surface area contributed by atoms with Gasteiger partial charge in [-0.05, 0) is 64.8 Å². The highest BCUT2D eigenvalue weighted by Crippen LogP contribution is 2.46. The van der Waals surface area contributed by atoms with Crippen molar-refractivity contribution in [3.05, 3.63) is 101 Å². The summed E-state index contributed by atoms with van der Waals surface area (Å²) in [7, 11) is 5.19. The zero-order valence-electron chi connectivity index (χ0n) is 24.0. The first-order valence-corrected chi connectivity index (χ1v) is 16.7. The largest absolute Gasteiger partial charge is 0.504 e. The highest BCUT2D eigenvalue weighted by atomic mass is 33.1. The van der Waals surface area contributed by atoms with Crippen molar-refractivity contribution in [2.75, 3.05) is 7.11 Å². The molecule has 220 valence electrons. The number of fused-ring (bicyclic) bond motifs is 6. The first kappa shape index (κ1) is 30.3. The van der Waals surface area contributed by atoms with Crippen LogP contribution in [0.25, 0.3) is 6.08 Å². The Labute approximate surface area is 256 Å². The Morgan fingerprint density at radius 3 is 2.67 bits per heavy atom. The molecule has 0 aromatic heterocycles. The number of phenolic OH excluding ortho intramolecular Hbond substituents is 1. The van der Waals surface area contributed by atoms with Crippen molar-refractivity contribution < 1.29 is 19.4 Å². The Morgan fingerprint density at radius 1 is 1.10 bits per heavy atom. The summed E-state index contributed by atoms with van der Waals surface area (Å²) in [6.07, 6.45) is 14.3. The first-order chi connectivity index (χ1) is 20.4. The zero-order valence-corrected chi connectivity index (χ0v) is 25.6. The van der Waals surface area contributed by atoms with Gasteiger partial charge < -0.3 is 20.9 Å². The van der Waals surface area contributed by atoms with Gasteiger partial charge in [0.2, 0.25) is 0 Å². The Balaban J connectivity index is 1.68. The number of benzene rings is 2. The van der Waals surface area contributed by atoms with Crippen molar-refractivity contribution in [1.29, 1.82) is 0 Å². The van der Waals surface area contributed by atoms with Crippen LogP contribution in [-0.4, -0.2) is 40.4 Å². The maximum absolute atomic E-state index is 12.8. The number of carbonyl (C=O) groups is 2. The second-order valence-corrected chi connectivity index (χ2v) is 13.7. The van der Waals surface area contributed by atoms with Gasteiger partial charge in [0.15, 0.2) is 17.3 Å². The highest BCUT2D eigenvalue weighted by molar-refractivity contribution is 8.77. The van der Waals surface area contributed by atoms with Crippen molar-refractivity contribution in [3.63, 3.8) is 0 Å². The maximum Gasteiger partial charge on any atom is 0.163 e. The average molecular weight is 603 g/mol. The number of rotatable bonds is 4. The van der Waals surface area contributed by atoms with E-state index >= 15 is 0 Å². The summed E-state index contributed by atoms with van der Waals surface area (Å²) in [5, 5.41) is 14.5. The number of Topliss-reactive ketones (excluding diaryl/α,β-unsaturated/α-hetero) is 1. The van der Waals surface area contributed by atoms with E-state index in [0.29, 0.717) is 12.2 Å². The second-order valence-electron chi connectivity index (χ2n) is 11.0. The number of hydrogen-bond donors (Lipinski definition) is 3. The lowest BCUT2D eigenvalue weighted by atomic mass is 9.83. The number of allylic oxidation sites excluding steroid dienone is 4. The summed E-state index contributed by atoms with van der Waals surface area (Å²) in [6.45, 7) is 2.17. The third-order valence-corrected chi connectivity index (χ3v) is 11.5. The number of dihydropyridines is 1. The van der Waals surface area contributed by atoms with Crippen molar-refractivity contribution in [3.8, 4) is 11.5 Å². The summed E-state index contributed by atoms with van der Waals surface area (Å²) < 4.78 is 5.42. The van der Waals surface area contributed by atoms with Gasteiger partial charge in [0.25, 0.3) is 0 Å². The molecule has 2 aromatic carbocycles. The predicted molar refractivity (Wildman–Crippen MR) is 173 cm³/mol. The second kappa shape index (κ2) is 13.8. The lowest BCUT2D eigenvalue weighted by Crippen LogP contribution is -2.42. The molecule has 4 bridgehead atoms. The number of ketones is 2. The Kier molecular flexibility index (Phi) is 9.98. The molecule has 0 amide bonds. The highest BCUT2D eigenvalue weighted by Gasteiger charge is 2.31. The molecule has 2 heterocycles. The summed E-state index contributed by atoms with van der Waals surface area (Å²) in [6, 6.07) is 13.9. The molecule has 3 aliphatic rings. The number of aromatic hydroxyl groups is 1. The lowest BCUT2D eigenvalue weighted by Gasteiger charge is -2.33. The molecule has 0 spiro atoms. The minimum Gasteiger partial charge on any atom is -0.504 e. The van der Waals surface area contributed by atoms with Crippen LogP contribution in [0.3, 0.4) is 0 Å². The molecule has 42 heavy (non-hydrogen) atoms. The Hall–Kier alpha value is -3.20. The molecule has 2 aliphatic heterocycles. The molecule has 1 aliphatic carbocycles. The minimum absolute atomic E-state index is 0.0258. The Morgan fingerprint density at radius 2 is 1.90 bits per heavy atom. The molecule has 4 N–H and O–H groups in total. The monoisotopic (exact) mass is 602 g/mol. The molecule has 6 nitrogen and oxygen atoms in total. The van der Waals surface area contributed by atoms with Gasteiger partial charge in [0.05, 0.1) is 19.7 Å². The molecule has 2 aromatic rings. The van der Waals surface area contributed by atoms with Crippen LogP contribution >= 0.6 is 21.6 Å². The van der Waals surface area contributed by atoms with Gasteiger partial charge >= 0.3 is 0 Å². The number of ether oxygens (including phenoxy) is 1. The van der Waals surface area contributed by atoms with Crippen molar-refractivity contribution in [2.24, 2.45) is 11.7 Å². The Bertz CT molecular complexity index is 1430. The quantitative estimate of drug-likeness (QED) is 0.208. The molecule has 0 fully saturated rings. The van der Waals surface area contributed by atoms with Gasteiger partial charge in [-0.3, -0.25) is 9.59 Å². The number of nitrogens with one attached hydrogen (secondary N) is 1. The molecular formula is C34H38N2O4S2. The molecule has 5 rings (SSSR count). The molecular weight excluding hydrogens is 565 g/mol. The van der Waals surface area contributed by atoms with E-state index in [1.807, 2.05) is 33.9 Å². The average Bonchev–Trinajstić information content (AvgIpc) is 2.99. The van der Waals surface area contributed by atoms with Gasteiger partial charge in [0.1, 0.15) is 5.78 Å². The number of nitrogens with two attached hydrogens (primary N) is 1. The molecule has 0 saturated heterocycles. The number of carbonyl (C=O) groups excluding carboxylic acids is 2. The van der Waals surface area contributed by atoms with Gasteiger partial charge in [-0.25, -0.2) is 0 Å². The predicted octanol–water partition coefficient (Wildman–Crippen LogP) is 6.48. The van der Waals surface area contributed by atoms with E-state index in [0.717, 1.165) is 41.5 Å². The molecule has 8 heteroatoms. The SMILES string of the molecule is CCC1CCC(=O)CC(=O)C=Cc2cc(OC)c(O)cc2C2C=CC1SSC(Cc1ccccc1)C1=CC2=CNC1N. The van der Waals surface area contributed by atoms with Gasteiger partial charge in [-0.15, -0.1) is 0 Å². The lowest BCUT2D eigenvalue weighted by molar-refractivity contribution is -0.124. The van der Waals surface area contributed by atoms with Gasteiger partial charge in [0, 0.05) is 29.0 Å². The van der Waals surface area contributed by atoms with Crippen LogP contribution in [0.4, 0.5) is 0 Å². The van der Waals surface area contributed by atoms with E-state index in [-0.39, 0.29) is 52.2 Å². The standard InChI is InChI=1S/C34H38N2O4S2/c1-3-22-9-11-25(37)18-26(38)12-10-23-17-31(40-2)30(39)19-28(23)27-13-14-32(22)41-42-33(15-21-7-5-4-6-8-21)29-16-24(27)20-36-34(29)35/h4-8,10,12-14,16-17,19-20,22,27,32-34,36,39H,3,9,11,15,18,35H2,1-2H3. The van der Waals surface area contributed by atoms with Crippen LogP contribution in [0.15, 0.2) is 84.1 Å². The molecule has 5 atom stereocenters. The van der Waals surface area contributed by atoms with Crippen molar-refractivity contribution in [2.45, 2.75) is 61.6 Å². The fourth-order valence-electron chi connectivity index (χ4n) is 5.78. The molecule has 0 radical (unpaired) electrons. The molecule has 0 saturated carbocycles. The van der Waals surface area contributed by atoms with Crippen LogP contribution < -0.4 is 15.8 Å². The van der Waals surface area contributed by atoms with E-state index in [9.17, 15) is 14.7 Å². The van der Waals surface area contributed by atoms with E-state index < -0.39 is 0 Å². The van der Waals surface area contributed by atoms with Crippen LogP contribution in [0.1, 0.15) is 55.2 Å². The van der Waals surface area contributed by atoms with Crippen molar-refractivity contribution >= 4 is 39.2 Å². The fourth-order valence-corrected chi connectivity index (χ4v) is 9.26. The van der Waals surface area contributed by atoms with E-state index in [1.54, 1.807) is 18.2 Å². The van der Waals surface area contributed by atoms with E-state index in [4.69, 9.17) is 10.5 Å². The topological polar surface area (TPSA) is 102 Å². The third kappa shape index (κ3) is 7.05. The van der Waals surface area contributed by atoms with E-state index in [2.05, 4.69) is 54.7 Å². The fraction of sp³-hybridized carbons (Fsp3) is 0.353. The smallest absolute Gasteiger partial charge is 0.163 e. The van der Waals surface area contributed by atoms with Crippen LogP contribution in [0, 0.1) is 5.92 Å². The third-order valence-electron chi connectivity index (χ3n) is 8.22. The van der Waals surface area contributed by atoms with Crippen LogP contribution in [-0.2, 0) is 16.0 Å².